The van der Waals surface area contributed by atoms with Crippen LogP contribution in [0.4, 0.5) is 0 Å². The molecule has 1 aromatic carbocycles. The van der Waals surface area contributed by atoms with Gasteiger partial charge in [0.2, 0.25) is 0 Å². The molecule has 5 heteroatoms. The van der Waals surface area contributed by atoms with Crippen LogP contribution in [0.2, 0.25) is 0 Å². The molecule has 1 amide bonds. The van der Waals surface area contributed by atoms with Crippen molar-refractivity contribution < 1.29 is 4.79 Å². The number of carbonyl (C=O) groups excluding carboxylic acids is 1. The number of carbonyl (C=O) groups is 1. The number of pyridine rings is 1. The molecule has 3 rings (SSSR count). The molecule has 0 saturated carbocycles. The van der Waals surface area contributed by atoms with E-state index >= 15 is 0 Å². The van der Waals surface area contributed by atoms with Crippen molar-refractivity contribution in [3.8, 4) is 11.3 Å². The molecule has 3 aromatic rings. The monoisotopic (exact) mass is 308 g/mol. The maximum atomic E-state index is 12.6. The molecule has 1 N–H and O–H groups in total. The van der Waals surface area contributed by atoms with Crippen molar-refractivity contribution in [2.45, 2.75) is 13.8 Å². The molecule has 0 aliphatic carbocycles. The molecular weight excluding hydrogens is 288 g/mol. The minimum atomic E-state index is -0.0672. The summed E-state index contributed by atoms with van der Waals surface area (Å²) in [5.74, 6) is 0.340. The molecule has 5 nitrogen and oxygen atoms in total. The molecule has 2 heterocycles. The fraction of sp³-hybridized carbons (Fsp3) is 0.278. The highest BCUT2D eigenvalue weighted by molar-refractivity contribution is 6.07. The van der Waals surface area contributed by atoms with E-state index in [9.17, 15) is 4.79 Å². The fourth-order valence-electron chi connectivity index (χ4n) is 2.46. The summed E-state index contributed by atoms with van der Waals surface area (Å²) < 4.78 is 1.73. The number of amides is 1. The number of aryl methyl sites for hydroxylation is 1. The van der Waals surface area contributed by atoms with Gasteiger partial charge in [0.25, 0.3) is 5.91 Å². The predicted octanol–water partition coefficient (Wildman–Crippen LogP) is 3.02. The highest BCUT2D eigenvalue weighted by Crippen LogP contribution is 2.24. The van der Waals surface area contributed by atoms with E-state index in [0.29, 0.717) is 18.0 Å². The van der Waals surface area contributed by atoms with E-state index in [1.165, 1.54) is 0 Å². The summed E-state index contributed by atoms with van der Waals surface area (Å²) in [5.41, 5.74) is 3.11. The summed E-state index contributed by atoms with van der Waals surface area (Å²) in [6, 6.07) is 9.55. The van der Waals surface area contributed by atoms with Gasteiger partial charge in [-0.15, -0.1) is 0 Å². The Kier molecular flexibility index (Phi) is 4.10. The first-order chi connectivity index (χ1) is 11.0. The Morgan fingerprint density at radius 1 is 1.30 bits per heavy atom. The Hall–Kier alpha value is -2.69. The number of rotatable bonds is 4. The molecule has 0 fully saturated rings. The molecule has 0 aliphatic heterocycles. The van der Waals surface area contributed by atoms with Crippen LogP contribution in [0.25, 0.3) is 22.2 Å². The lowest BCUT2D eigenvalue weighted by Crippen LogP contribution is -2.27. The summed E-state index contributed by atoms with van der Waals surface area (Å²) in [7, 11) is 1.86. The van der Waals surface area contributed by atoms with Crippen LogP contribution in [0, 0.1) is 5.92 Å². The minimum Gasteiger partial charge on any atom is -0.352 e. The van der Waals surface area contributed by atoms with Crippen LogP contribution in [-0.2, 0) is 7.05 Å². The Balaban J connectivity index is 2.09. The Bertz CT molecular complexity index is 851. The molecular formula is C18H20N4O. The lowest BCUT2D eigenvalue weighted by molar-refractivity contribution is 0.0950. The third kappa shape index (κ3) is 3.23. The van der Waals surface area contributed by atoms with E-state index in [4.69, 9.17) is 0 Å². The van der Waals surface area contributed by atoms with Crippen molar-refractivity contribution >= 4 is 16.8 Å². The molecule has 118 valence electrons. The van der Waals surface area contributed by atoms with Crippen LogP contribution in [0.3, 0.4) is 0 Å². The van der Waals surface area contributed by atoms with E-state index < -0.39 is 0 Å². The topological polar surface area (TPSA) is 59.8 Å². The van der Waals surface area contributed by atoms with Gasteiger partial charge in [0.05, 0.1) is 23.0 Å². The third-order valence-corrected chi connectivity index (χ3v) is 3.63. The summed E-state index contributed by atoms with van der Waals surface area (Å²) in [6.45, 7) is 4.80. The Labute approximate surface area is 135 Å². The highest BCUT2D eigenvalue weighted by atomic mass is 16.1. The van der Waals surface area contributed by atoms with Crippen molar-refractivity contribution in [3.05, 3.63) is 48.3 Å². The maximum Gasteiger partial charge on any atom is 0.252 e. The molecule has 0 radical (unpaired) electrons. The number of aromatic nitrogens is 3. The van der Waals surface area contributed by atoms with E-state index in [0.717, 1.165) is 22.2 Å². The smallest absolute Gasteiger partial charge is 0.252 e. The van der Waals surface area contributed by atoms with Crippen LogP contribution >= 0.6 is 0 Å². The second-order valence-corrected chi connectivity index (χ2v) is 6.08. The first-order valence-corrected chi connectivity index (χ1v) is 7.71. The van der Waals surface area contributed by atoms with Gasteiger partial charge in [-0.1, -0.05) is 32.0 Å². The predicted molar refractivity (Wildman–Crippen MR) is 91.1 cm³/mol. The Morgan fingerprint density at radius 2 is 2.09 bits per heavy atom. The lowest BCUT2D eigenvalue weighted by atomic mass is 10.0. The normalized spacial score (nSPS) is 11.1. The highest BCUT2D eigenvalue weighted by Gasteiger charge is 2.14. The van der Waals surface area contributed by atoms with E-state index in [-0.39, 0.29) is 5.91 Å². The zero-order chi connectivity index (χ0) is 16.4. The van der Waals surface area contributed by atoms with Gasteiger partial charge in [0.1, 0.15) is 0 Å². The van der Waals surface area contributed by atoms with E-state index in [2.05, 4.69) is 29.2 Å². The fourth-order valence-corrected chi connectivity index (χ4v) is 2.46. The maximum absolute atomic E-state index is 12.6. The quantitative estimate of drug-likeness (QED) is 0.806. The first kappa shape index (κ1) is 15.2. The average Bonchev–Trinajstić information content (AvgIpc) is 2.98. The van der Waals surface area contributed by atoms with Crippen molar-refractivity contribution in [1.82, 2.24) is 20.1 Å². The zero-order valence-electron chi connectivity index (χ0n) is 13.6. The van der Waals surface area contributed by atoms with Gasteiger partial charge in [0, 0.05) is 30.7 Å². The first-order valence-electron chi connectivity index (χ1n) is 7.71. The molecule has 0 saturated heterocycles. The number of hydrogen-bond acceptors (Lipinski definition) is 3. The van der Waals surface area contributed by atoms with E-state index in [1.54, 1.807) is 10.9 Å². The third-order valence-electron chi connectivity index (χ3n) is 3.63. The lowest BCUT2D eigenvalue weighted by Gasteiger charge is -2.11. The van der Waals surface area contributed by atoms with Crippen LogP contribution in [0.5, 0.6) is 0 Å². The number of nitrogens with one attached hydrogen (secondary N) is 1. The largest absolute Gasteiger partial charge is 0.352 e. The standard InChI is InChI=1S/C18H20N4O/c1-12(2)9-19-18(23)15-8-17(13-10-20-22(3)11-13)21-16-7-5-4-6-14(15)16/h4-8,10-12H,9H2,1-3H3,(H,19,23). The molecule has 0 atom stereocenters. The summed E-state index contributed by atoms with van der Waals surface area (Å²) >= 11 is 0. The molecule has 2 aromatic heterocycles. The summed E-state index contributed by atoms with van der Waals surface area (Å²) in [4.78, 5) is 17.3. The van der Waals surface area contributed by atoms with Gasteiger partial charge >= 0.3 is 0 Å². The number of benzene rings is 1. The van der Waals surface area contributed by atoms with Gasteiger partial charge in [-0.05, 0) is 18.1 Å². The van der Waals surface area contributed by atoms with Gasteiger partial charge in [-0.25, -0.2) is 4.98 Å². The zero-order valence-corrected chi connectivity index (χ0v) is 13.6. The van der Waals surface area contributed by atoms with Crippen LogP contribution in [0.15, 0.2) is 42.7 Å². The molecule has 0 spiro atoms. The second kappa shape index (κ2) is 6.20. The van der Waals surface area contributed by atoms with Gasteiger partial charge in [0.15, 0.2) is 0 Å². The number of hydrogen-bond donors (Lipinski definition) is 1. The van der Waals surface area contributed by atoms with Gasteiger partial charge in [-0.2, -0.15) is 5.10 Å². The number of nitrogens with zero attached hydrogens (tertiary/aromatic N) is 3. The van der Waals surface area contributed by atoms with Crippen LogP contribution in [0.1, 0.15) is 24.2 Å². The minimum absolute atomic E-state index is 0.0672. The van der Waals surface area contributed by atoms with Crippen molar-refractivity contribution in [1.29, 1.82) is 0 Å². The van der Waals surface area contributed by atoms with Crippen molar-refractivity contribution in [3.63, 3.8) is 0 Å². The second-order valence-electron chi connectivity index (χ2n) is 6.08. The van der Waals surface area contributed by atoms with Gasteiger partial charge < -0.3 is 5.32 Å². The Morgan fingerprint density at radius 3 is 2.78 bits per heavy atom. The molecule has 23 heavy (non-hydrogen) atoms. The van der Waals surface area contributed by atoms with Crippen LogP contribution < -0.4 is 5.32 Å². The number of fused-ring (bicyclic) bond motifs is 1. The SMILES string of the molecule is CC(C)CNC(=O)c1cc(-c2cnn(C)c2)nc2ccccc12. The summed E-state index contributed by atoms with van der Waals surface area (Å²) in [6.07, 6.45) is 3.65. The average molecular weight is 308 g/mol. The van der Waals surface area contributed by atoms with Crippen LogP contribution in [-0.4, -0.2) is 27.2 Å². The van der Waals surface area contributed by atoms with Crippen molar-refractivity contribution in [2.24, 2.45) is 13.0 Å². The number of para-hydroxylation sites is 1. The summed E-state index contributed by atoms with van der Waals surface area (Å²) in [5, 5.41) is 8.03. The van der Waals surface area contributed by atoms with Gasteiger partial charge in [-0.3, -0.25) is 9.48 Å². The molecule has 0 aliphatic rings. The molecule has 0 bridgehead atoms. The van der Waals surface area contributed by atoms with Crippen molar-refractivity contribution in [2.75, 3.05) is 6.54 Å². The molecule has 0 unspecified atom stereocenters. The van der Waals surface area contributed by atoms with E-state index in [1.807, 2.05) is 43.6 Å².